The predicted octanol–water partition coefficient (Wildman–Crippen LogP) is 6.46. The molecule has 0 spiro atoms. The number of nitrogens with one attached hydrogen (secondary N) is 3. The average molecular weight is 590 g/mol. The molecule has 1 aromatic heterocycles. The largest absolute Gasteiger partial charge is 0.444 e. The van der Waals surface area contributed by atoms with Crippen molar-refractivity contribution in [3.8, 4) is 22.4 Å². The van der Waals surface area contributed by atoms with Gasteiger partial charge in [0.2, 0.25) is 0 Å². The van der Waals surface area contributed by atoms with E-state index < -0.39 is 17.3 Å². The van der Waals surface area contributed by atoms with Crippen LogP contribution in [0.25, 0.3) is 22.4 Å². The fraction of sp³-hybridized carbons (Fsp3) is 0.455. The number of aromatic amines is 1. The summed E-state index contributed by atoms with van der Waals surface area (Å²) >= 11 is 0. The third kappa shape index (κ3) is 8.83. The van der Waals surface area contributed by atoms with Crippen molar-refractivity contribution in [2.45, 2.75) is 84.6 Å². The zero-order valence-corrected chi connectivity index (χ0v) is 26.1. The van der Waals surface area contributed by atoms with Gasteiger partial charge in [-0.2, -0.15) is 0 Å². The van der Waals surface area contributed by atoms with Crippen molar-refractivity contribution in [1.82, 2.24) is 25.5 Å². The van der Waals surface area contributed by atoms with Gasteiger partial charge in [0.15, 0.2) is 0 Å². The van der Waals surface area contributed by atoms with Crippen molar-refractivity contribution < 1.29 is 23.9 Å². The summed E-state index contributed by atoms with van der Waals surface area (Å²) in [7, 11) is 0. The van der Waals surface area contributed by atoms with Gasteiger partial charge in [-0.1, -0.05) is 36.4 Å². The van der Waals surface area contributed by atoms with E-state index in [-0.39, 0.29) is 24.1 Å². The van der Waals surface area contributed by atoms with E-state index in [0.717, 1.165) is 35.2 Å². The van der Waals surface area contributed by atoms with Gasteiger partial charge in [0.05, 0.1) is 17.8 Å². The number of alkyl carbamates (subject to hydrolysis) is 1. The molecule has 0 unspecified atom stereocenters. The summed E-state index contributed by atoms with van der Waals surface area (Å²) in [5.74, 6) is 0.451. The molecule has 4 rings (SSSR count). The highest BCUT2D eigenvalue weighted by molar-refractivity contribution is 5.94. The summed E-state index contributed by atoms with van der Waals surface area (Å²) in [6.07, 6.45) is 2.69. The maximum Gasteiger partial charge on any atom is 0.410 e. The van der Waals surface area contributed by atoms with Gasteiger partial charge in [-0.05, 0) is 84.6 Å². The smallest absolute Gasteiger partial charge is 0.410 e. The molecule has 0 radical (unpaired) electrons. The van der Waals surface area contributed by atoms with Crippen LogP contribution in [0.1, 0.15) is 83.5 Å². The van der Waals surface area contributed by atoms with Gasteiger partial charge in [-0.15, -0.1) is 0 Å². The van der Waals surface area contributed by atoms with E-state index in [1.165, 1.54) is 0 Å². The number of carbonyl (C=O) groups is 3. The highest BCUT2D eigenvalue weighted by atomic mass is 16.6. The van der Waals surface area contributed by atoms with Crippen molar-refractivity contribution in [3.05, 3.63) is 66.1 Å². The Morgan fingerprint density at radius 1 is 0.930 bits per heavy atom. The van der Waals surface area contributed by atoms with Gasteiger partial charge < -0.3 is 30.0 Å². The van der Waals surface area contributed by atoms with E-state index in [1.54, 1.807) is 17.0 Å². The van der Waals surface area contributed by atoms with E-state index in [4.69, 9.17) is 9.47 Å². The lowest BCUT2D eigenvalue weighted by Gasteiger charge is -2.28. The second-order valence-electron chi connectivity index (χ2n) is 12.9. The number of nitrogens with zero attached hydrogens (tertiary/aromatic N) is 2. The zero-order valence-electron chi connectivity index (χ0n) is 26.1. The Hall–Kier alpha value is -4.34. The Morgan fingerprint density at radius 2 is 1.51 bits per heavy atom. The molecular weight excluding hydrogens is 546 g/mol. The molecular formula is C33H43N5O5. The maximum absolute atomic E-state index is 12.8. The normalized spacial score (nSPS) is 16.0. The lowest BCUT2D eigenvalue weighted by Crippen LogP contribution is -2.45. The van der Waals surface area contributed by atoms with Crippen molar-refractivity contribution >= 4 is 18.1 Å². The van der Waals surface area contributed by atoms with Crippen LogP contribution in [-0.2, 0) is 9.47 Å². The Kier molecular flexibility index (Phi) is 9.47. The minimum Gasteiger partial charge on any atom is -0.444 e. The van der Waals surface area contributed by atoms with Gasteiger partial charge in [0.1, 0.15) is 17.0 Å². The number of hydrogen-bond donors (Lipinski definition) is 3. The molecule has 10 heteroatoms. The molecule has 3 amide bonds. The number of H-pyrrole nitrogens is 1. The second kappa shape index (κ2) is 12.9. The first kappa shape index (κ1) is 31.6. The fourth-order valence-corrected chi connectivity index (χ4v) is 4.83. The molecule has 2 aromatic carbocycles. The number of carbonyl (C=O) groups excluding carboxylic acids is 3. The molecule has 1 aliphatic heterocycles. The van der Waals surface area contributed by atoms with Gasteiger partial charge >= 0.3 is 12.2 Å². The van der Waals surface area contributed by atoms with Crippen LogP contribution >= 0.6 is 0 Å². The third-order valence-electron chi connectivity index (χ3n) is 6.91. The van der Waals surface area contributed by atoms with Crippen LogP contribution in [0, 0.1) is 0 Å². The molecule has 1 aliphatic rings. The van der Waals surface area contributed by atoms with E-state index in [0.29, 0.717) is 24.5 Å². The Labute approximate surface area is 253 Å². The van der Waals surface area contributed by atoms with Gasteiger partial charge in [-0.25, -0.2) is 14.6 Å². The second-order valence-corrected chi connectivity index (χ2v) is 12.9. The number of benzene rings is 2. The van der Waals surface area contributed by atoms with Crippen molar-refractivity contribution in [3.63, 3.8) is 0 Å². The molecule has 0 saturated carbocycles. The molecule has 2 heterocycles. The summed E-state index contributed by atoms with van der Waals surface area (Å²) < 4.78 is 10.8. The molecule has 2 atom stereocenters. The topological polar surface area (TPSA) is 126 Å². The number of amides is 3. The SMILES string of the molecule is C[C@H](NC(=O)OC(C)(C)C)c1nc(-c2ccc(-c3ccc(C(=O)NC[C@@H]4CCCN4C(=O)OC(C)(C)C)cc3)cc2)c[nH]1. The first-order chi connectivity index (χ1) is 20.2. The zero-order chi connectivity index (χ0) is 31.4. The molecule has 43 heavy (non-hydrogen) atoms. The molecule has 0 bridgehead atoms. The highest BCUT2D eigenvalue weighted by Gasteiger charge is 2.32. The standard InChI is InChI=1S/C33H43N5O5/c1-21(36-30(40)42-32(2,3)4)28-34-20-27(37-28)24-14-10-22(11-15-24)23-12-16-25(17-13-23)29(39)35-19-26-9-8-18-38(26)31(41)43-33(5,6)7/h10-17,20-21,26H,8-9,18-19H2,1-7H3,(H,34,37)(H,35,39)(H,36,40)/t21-,26-/m0/s1. The van der Waals surface area contributed by atoms with E-state index in [1.807, 2.05) is 91.1 Å². The number of rotatable bonds is 7. The summed E-state index contributed by atoms with van der Waals surface area (Å²) in [6, 6.07) is 15.0. The van der Waals surface area contributed by atoms with Crippen LogP contribution in [-0.4, -0.2) is 63.3 Å². The Morgan fingerprint density at radius 3 is 2.12 bits per heavy atom. The molecule has 230 valence electrons. The van der Waals surface area contributed by atoms with Crippen LogP contribution in [0.5, 0.6) is 0 Å². The first-order valence-corrected chi connectivity index (χ1v) is 14.7. The molecule has 10 nitrogen and oxygen atoms in total. The van der Waals surface area contributed by atoms with Gasteiger partial charge in [-0.3, -0.25) is 4.79 Å². The number of imidazole rings is 1. The summed E-state index contributed by atoms with van der Waals surface area (Å²) in [6.45, 7) is 13.9. The van der Waals surface area contributed by atoms with E-state index in [2.05, 4.69) is 20.6 Å². The fourth-order valence-electron chi connectivity index (χ4n) is 4.83. The van der Waals surface area contributed by atoms with E-state index in [9.17, 15) is 14.4 Å². The Balaban J connectivity index is 1.32. The number of likely N-dealkylation sites (tertiary alicyclic amines) is 1. The molecule has 0 aliphatic carbocycles. The lowest BCUT2D eigenvalue weighted by atomic mass is 10.0. The van der Waals surface area contributed by atoms with Gasteiger partial charge in [0.25, 0.3) is 5.91 Å². The molecule has 3 aromatic rings. The Bertz CT molecular complexity index is 1420. The van der Waals surface area contributed by atoms with Crippen LogP contribution in [0.15, 0.2) is 54.7 Å². The van der Waals surface area contributed by atoms with Crippen LogP contribution in [0.4, 0.5) is 9.59 Å². The van der Waals surface area contributed by atoms with Gasteiger partial charge in [0, 0.05) is 30.4 Å². The van der Waals surface area contributed by atoms with Crippen molar-refractivity contribution in [2.24, 2.45) is 0 Å². The minimum absolute atomic E-state index is 0.0772. The van der Waals surface area contributed by atoms with E-state index >= 15 is 0 Å². The highest BCUT2D eigenvalue weighted by Crippen LogP contribution is 2.26. The minimum atomic E-state index is -0.575. The van der Waals surface area contributed by atoms with Crippen LogP contribution in [0.3, 0.4) is 0 Å². The number of ether oxygens (including phenoxy) is 2. The lowest BCUT2D eigenvalue weighted by molar-refractivity contribution is 0.0224. The van der Waals surface area contributed by atoms with Crippen molar-refractivity contribution in [2.75, 3.05) is 13.1 Å². The predicted molar refractivity (Wildman–Crippen MR) is 166 cm³/mol. The first-order valence-electron chi connectivity index (χ1n) is 14.7. The number of aromatic nitrogens is 2. The molecule has 1 fully saturated rings. The third-order valence-corrected chi connectivity index (χ3v) is 6.91. The summed E-state index contributed by atoms with van der Waals surface area (Å²) in [4.78, 5) is 47.0. The van der Waals surface area contributed by atoms with Crippen LogP contribution in [0.2, 0.25) is 0 Å². The quantitative estimate of drug-likeness (QED) is 0.290. The monoisotopic (exact) mass is 589 g/mol. The molecule has 3 N–H and O–H groups in total. The maximum atomic E-state index is 12.8. The van der Waals surface area contributed by atoms with Crippen LogP contribution < -0.4 is 10.6 Å². The van der Waals surface area contributed by atoms with Crippen molar-refractivity contribution in [1.29, 1.82) is 0 Å². The average Bonchev–Trinajstić information content (AvgIpc) is 3.60. The molecule has 1 saturated heterocycles. The summed E-state index contributed by atoms with van der Waals surface area (Å²) in [5.41, 5.74) is 3.10. The number of hydrogen-bond acceptors (Lipinski definition) is 6. The summed E-state index contributed by atoms with van der Waals surface area (Å²) in [5, 5.41) is 5.77.